The van der Waals surface area contributed by atoms with Gasteiger partial charge in [-0.15, -0.1) is 0 Å². The second kappa shape index (κ2) is 11.7. The van der Waals surface area contributed by atoms with Gasteiger partial charge < -0.3 is 14.7 Å². The van der Waals surface area contributed by atoms with E-state index in [2.05, 4.69) is 69.2 Å². The monoisotopic (exact) mass is 590 g/mol. The van der Waals surface area contributed by atoms with Crippen molar-refractivity contribution in [2.75, 3.05) is 42.5 Å². The maximum absolute atomic E-state index is 14.1. The highest BCUT2D eigenvalue weighted by Gasteiger charge is 2.34. The molecule has 9 heteroatoms. The number of nitrogens with zero attached hydrogens (tertiary/aromatic N) is 6. The van der Waals surface area contributed by atoms with Crippen LogP contribution in [0.2, 0.25) is 5.02 Å². The molecule has 0 N–H and O–H groups in total. The molecular formula is C33H43ClN6O2. The van der Waals surface area contributed by atoms with Crippen LogP contribution >= 0.6 is 11.6 Å². The van der Waals surface area contributed by atoms with Crippen molar-refractivity contribution in [3.8, 4) is 5.69 Å². The third kappa shape index (κ3) is 5.41. The molecule has 5 rings (SSSR count). The lowest BCUT2D eigenvalue weighted by Crippen LogP contribution is -2.54. The van der Waals surface area contributed by atoms with Crippen LogP contribution in [0, 0.1) is 11.3 Å². The Labute approximate surface area is 254 Å². The van der Waals surface area contributed by atoms with Gasteiger partial charge in [0, 0.05) is 38.8 Å². The van der Waals surface area contributed by atoms with Crippen LogP contribution in [0.3, 0.4) is 0 Å². The molecule has 2 saturated heterocycles. The second-order valence-corrected chi connectivity index (χ2v) is 13.1. The first-order valence-electron chi connectivity index (χ1n) is 15.2. The molecule has 2 aliphatic heterocycles. The lowest BCUT2D eigenvalue weighted by atomic mass is 9.80. The fraction of sp³-hybridized carbons (Fsp3) is 0.515. The summed E-state index contributed by atoms with van der Waals surface area (Å²) in [5.41, 5.74) is 3.39. The molecule has 0 saturated carbocycles. The van der Waals surface area contributed by atoms with E-state index >= 15 is 0 Å². The molecule has 2 atom stereocenters. The molecule has 42 heavy (non-hydrogen) atoms. The summed E-state index contributed by atoms with van der Waals surface area (Å²) in [6.07, 6.45) is 3.96. The van der Waals surface area contributed by atoms with Crippen LogP contribution in [0.5, 0.6) is 0 Å². The fourth-order valence-corrected chi connectivity index (χ4v) is 6.77. The van der Waals surface area contributed by atoms with Gasteiger partial charge in [-0.3, -0.25) is 4.79 Å². The average Bonchev–Trinajstić information content (AvgIpc) is 3.47. The standard InChI is InChI=1S/C33H43ClN6O2/c1-8-22-12-11-13-23(9-2)28(22)40-30-25(18-26(34)31(35-30)38-15-14-24(20-38)33(5,6)7)29(36-32(40)42)39-17-16-37(19-21(39)4)27(41)10-3/h10-13,18,21,24H,3,8-9,14-17,19-20H2,1-2,4-7H3/t21?,24-/m0/s1. The summed E-state index contributed by atoms with van der Waals surface area (Å²) < 4.78 is 1.70. The third-order valence-corrected chi connectivity index (χ3v) is 9.35. The first kappa shape index (κ1) is 30.1. The highest BCUT2D eigenvalue weighted by molar-refractivity contribution is 6.33. The number of hydrogen-bond donors (Lipinski definition) is 0. The number of hydrogen-bond acceptors (Lipinski definition) is 6. The molecule has 2 aromatic heterocycles. The van der Waals surface area contributed by atoms with Gasteiger partial charge in [-0.1, -0.05) is 71.0 Å². The van der Waals surface area contributed by atoms with Crippen molar-refractivity contribution in [2.24, 2.45) is 11.3 Å². The number of aromatic nitrogens is 3. The molecule has 8 nitrogen and oxygen atoms in total. The lowest BCUT2D eigenvalue weighted by Gasteiger charge is -2.40. The van der Waals surface area contributed by atoms with Gasteiger partial charge in [0.25, 0.3) is 0 Å². The Bertz CT molecular complexity index is 1550. The number of anilines is 2. The molecule has 0 spiro atoms. The van der Waals surface area contributed by atoms with Gasteiger partial charge in [0.15, 0.2) is 5.65 Å². The molecule has 0 radical (unpaired) electrons. The maximum Gasteiger partial charge on any atom is 0.355 e. The largest absolute Gasteiger partial charge is 0.355 e. The number of rotatable bonds is 6. The van der Waals surface area contributed by atoms with Gasteiger partial charge in [-0.25, -0.2) is 14.3 Å². The predicted octanol–water partition coefficient (Wildman–Crippen LogP) is 5.65. The molecule has 2 aliphatic rings. The number of carbonyl (C=O) groups excluding carboxylic acids is 1. The molecule has 2 fully saturated rings. The van der Waals surface area contributed by atoms with Crippen LogP contribution in [-0.2, 0) is 17.6 Å². The normalized spacial score (nSPS) is 19.5. The maximum atomic E-state index is 14.1. The van der Waals surface area contributed by atoms with Crippen LogP contribution in [0.4, 0.5) is 11.6 Å². The quantitative estimate of drug-likeness (QED) is 0.345. The summed E-state index contributed by atoms with van der Waals surface area (Å²) in [6.45, 7) is 20.0. The molecule has 1 unspecified atom stereocenters. The van der Waals surface area contributed by atoms with E-state index in [1.807, 2.05) is 13.0 Å². The Balaban J connectivity index is 1.73. The van der Waals surface area contributed by atoms with Crippen LogP contribution in [0.15, 0.2) is 41.7 Å². The van der Waals surface area contributed by atoms with E-state index in [0.717, 1.165) is 54.6 Å². The Morgan fingerprint density at radius 1 is 1.07 bits per heavy atom. The molecule has 224 valence electrons. The highest BCUT2D eigenvalue weighted by Crippen LogP contribution is 2.39. The zero-order chi connectivity index (χ0) is 30.3. The average molecular weight is 591 g/mol. The number of para-hydroxylation sites is 1. The zero-order valence-corrected chi connectivity index (χ0v) is 26.5. The topological polar surface area (TPSA) is 74.6 Å². The smallest absolute Gasteiger partial charge is 0.355 e. The molecule has 1 aromatic carbocycles. The van der Waals surface area contributed by atoms with Crippen molar-refractivity contribution >= 4 is 40.2 Å². The number of aryl methyl sites for hydroxylation is 2. The molecule has 3 aromatic rings. The molecule has 4 heterocycles. The number of amides is 1. The van der Waals surface area contributed by atoms with Gasteiger partial charge in [0.2, 0.25) is 5.91 Å². The minimum absolute atomic E-state index is 0.0627. The van der Waals surface area contributed by atoms with E-state index in [1.165, 1.54) is 6.08 Å². The van der Waals surface area contributed by atoms with Gasteiger partial charge >= 0.3 is 5.69 Å². The minimum Gasteiger partial charge on any atom is -0.355 e. The van der Waals surface area contributed by atoms with Crippen LogP contribution in [0.25, 0.3) is 16.7 Å². The Morgan fingerprint density at radius 2 is 1.76 bits per heavy atom. The molecule has 1 amide bonds. The summed E-state index contributed by atoms with van der Waals surface area (Å²) in [5.74, 6) is 1.70. The van der Waals surface area contributed by atoms with Gasteiger partial charge in [-0.05, 0) is 60.8 Å². The SMILES string of the molecule is C=CC(=O)N1CCN(c2nc(=O)n(-c3c(CC)cccc3CC)c3nc(N4CC[C@H](C(C)(C)C)C4)c(Cl)cc23)C(C)C1. The van der Waals surface area contributed by atoms with E-state index in [0.29, 0.717) is 47.9 Å². The van der Waals surface area contributed by atoms with Gasteiger partial charge in [0.1, 0.15) is 11.6 Å². The van der Waals surface area contributed by atoms with E-state index in [4.69, 9.17) is 21.6 Å². The van der Waals surface area contributed by atoms with Crippen molar-refractivity contribution in [1.82, 2.24) is 19.4 Å². The summed E-state index contributed by atoms with van der Waals surface area (Å²) in [4.78, 5) is 42.5. The van der Waals surface area contributed by atoms with Crippen LogP contribution in [0.1, 0.15) is 59.1 Å². The number of pyridine rings is 1. The van der Waals surface area contributed by atoms with Crippen LogP contribution in [-0.4, -0.2) is 64.1 Å². The second-order valence-electron chi connectivity index (χ2n) is 12.7. The zero-order valence-electron chi connectivity index (χ0n) is 25.8. The predicted molar refractivity (Wildman–Crippen MR) is 172 cm³/mol. The van der Waals surface area contributed by atoms with Crippen molar-refractivity contribution in [2.45, 2.75) is 66.8 Å². The Kier molecular flexibility index (Phi) is 8.39. The van der Waals surface area contributed by atoms with E-state index < -0.39 is 0 Å². The van der Waals surface area contributed by atoms with Crippen molar-refractivity contribution in [3.63, 3.8) is 0 Å². The van der Waals surface area contributed by atoms with Gasteiger partial charge in [-0.2, -0.15) is 4.98 Å². The number of fused-ring (bicyclic) bond motifs is 1. The first-order valence-corrected chi connectivity index (χ1v) is 15.5. The van der Waals surface area contributed by atoms with E-state index in [1.54, 1.807) is 9.47 Å². The van der Waals surface area contributed by atoms with Gasteiger partial charge in [0.05, 0.1) is 16.1 Å². The molecular weight excluding hydrogens is 548 g/mol. The van der Waals surface area contributed by atoms with Crippen molar-refractivity contribution in [1.29, 1.82) is 0 Å². The van der Waals surface area contributed by atoms with Crippen LogP contribution < -0.4 is 15.5 Å². The van der Waals surface area contributed by atoms with E-state index in [-0.39, 0.29) is 23.1 Å². The van der Waals surface area contributed by atoms with Crippen molar-refractivity contribution in [3.05, 3.63) is 63.6 Å². The van der Waals surface area contributed by atoms with Crippen molar-refractivity contribution < 1.29 is 4.79 Å². The van der Waals surface area contributed by atoms with E-state index in [9.17, 15) is 9.59 Å². The Hall–Kier alpha value is -3.39. The first-order chi connectivity index (χ1) is 20.0. The highest BCUT2D eigenvalue weighted by atomic mass is 35.5. The Morgan fingerprint density at radius 3 is 2.33 bits per heavy atom. The summed E-state index contributed by atoms with van der Waals surface area (Å²) in [6, 6.07) is 8.07. The summed E-state index contributed by atoms with van der Waals surface area (Å²) in [5, 5.41) is 1.29. The summed E-state index contributed by atoms with van der Waals surface area (Å²) in [7, 11) is 0. The summed E-state index contributed by atoms with van der Waals surface area (Å²) >= 11 is 7.03. The number of carbonyl (C=O) groups is 1. The third-order valence-electron chi connectivity index (χ3n) is 9.07. The molecule has 0 bridgehead atoms. The number of benzene rings is 1. The minimum atomic E-state index is -0.361. The molecule has 0 aliphatic carbocycles. The fourth-order valence-electron chi connectivity index (χ4n) is 6.50. The lowest BCUT2D eigenvalue weighted by molar-refractivity contribution is -0.126. The number of piperazine rings is 1. The number of halogens is 1.